The summed E-state index contributed by atoms with van der Waals surface area (Å²) in [4.78, 5) is 9.69. The quantitative estimate of drug-likeness (QED) is 0.727. The topological polar surface area (TPSA) is 47.3 Å². The first-order valence-corrected chi connectivity index (χ1v) is 6.87. The molecule has 0 amide bonds. The van der Waals surface area contributed by atoms with Gasteiger partial charge in [0.25, 0.3) is 0 Å². The molecular weight excluding hydrogens is 202 g/mol. The molecule has 0 rings (SSSR count). The summed E-state index contributed by atoms with van der Waals surface area (Å²) in [5, 5.41) is 8.36. The third kappa shape index (κ3) is 3.88. The van der Waals surface area contributed by atoms with Crippen molar-refractivity contribution in [3.8, 4) is 6.07 Å². The van der Waals surface area contributed by atoms with Gasteiger partial charge in [0.2, 0.25) is 0 Å². The molecule has 5 heteroatoms. The van der Waals surface area contributed by atoms with Crippen molar-refractivity contribution in [3.63, 3.8) is 0 Å². The van der Waals surface area contributed by atoms with Crippen LogP contribution in [0.4, 0.5) is 4.20 Å². The molecule has 0 saturated heterocycles. The average molecular weight is 222 g/mol. The van der Waals surface area contributed by atoms with Gasteiger partial charge in [-0.3, -0.25) is 0 Å². The van der Waals surface area contributed by atoms with E-state index in [-0.39, 0.29) is 24.7 Å². The number of nitrogens with zero attached hydrogens (tertiary/aromatic N) is 2. The van der Waals surface area contributed by atoms with Gasteiger partial charge in [-0.2, -0.15) is 0 Å². The molecular formula is C9H20FN2OP. The molecule has 0 aromatic carbocycles. The summed E-state index contributed by atoms with van der Waals surface area (Å²) < 4.78 is 15.4. The zero-order valence-electron chi connectivity index (χ0n) is 9.29. The van der Waals surface area contributed by atoms with Crippen molar-refractivity contribution in [2.75, 3.05) is 6.16 Å². The fourth-order valence-electron chi connectivity index (χ4n) is 1.73. The van der Waals surface area contributed by atoms with Crippen LogP contribution >= 0.6 is 7.95 Å². The monoisotopic (exact) mass is 222 g/mol. The molecule has 0 fully saturated rings. The number of nitriles is 1. The van der Waals surface area contributed by atoms with Crippen LogP contribution in [0.3, 0.4) is 0 Å². The van der Waals surface area contributed by atoms with Crippen LogP contribution in [0.1, 0.15) is 34.1 Å². The summed E-state index contributed by atoms with van der Waals surface area (Å²) >= 11 is 0. The molecule has 0 aliphatic heterocycles. The molecule has 0 atom stereocenters. The van der Waals surface area contributed by atoms with Crippen LogP contribution in [-0.2, 0) is 0 Å². The van der Waals surface area contributed by atoms with Crippen LogP contribution in [0.25, 0.3) is 0 Å². The summed E-state index contributed by atoms with van der Waals surface area (Å²) in [6.07, 6.45) is 0.0506. The van der Waals surface area contributed by atoms with Gasteiger partial charge in [-0.05, 0) is 0 Å². The second kappa shape index (κ2) is 5.60. The van der Waals surface area contributed by atoms with Gasteiger partial charge in [-0.15, -0.1) is 0 Å². The van der Waals surface area contributed by atoms with Gasteiger partial charge >= 0.3 is 85.4 Å². The van der Waals surface area contributed by atoms with E-state index in [9.17, 15) is 9.09 Å². The molecule has 0 heterocycles. The maximum absolute atomic E-state index is 13.9. The summed E-state index contributed by atoms with van der Waals surface area (Å²) in [6, 6.07) is 1.80. The summed E-state index contributed by atoms with van der Waals surface area (Å²) in [5.74, 6) is 0. The van der Waals surface area contributed by atoms with Crippen LogP contribution in [-0.4, -0.2) is 27.8 Å². The van der Waals surface area contributed by atoms with E-state index in [0.717, 1.165) is 0 Å². The first kappa shape index (κ1) is 13.8. The van der Waals surface area contributed by atoms with Crippen LogP contribution < -0.4 is 0 Å². The molecule has 14 heavy (non-hydrogen) atoms. The maximum atomic E-state index is 13.9. The molecule has 0 aromatic rings. The molecule has 0 unspecified atom stereocenters. The Bertz CT molecular complexity index is 205. The Kier molecular flexibility index (Phi) is 5.51. The molecule has 0 aromatic heterocycles. The molecule has 0 aliphatic carbocycles. The number of halogens is 1. The third-order valence-electron chi connectivity index (χ3n) is 2.06. The molecule has 0 bridgehead atoms. The van der Waals surface area contributed by atoms with Gasteiger partial charge in [0.1, 0.15) is 0 Å². The zero-order chi connectivity index (χ0) is 11.4. The van der Waals surface area contributed by atoms with Crippen molar-refractivity contribution < 1.29 is 9.09 Å². The van der Waals surface area contributed by atoms with Gasteiger partial charge < -0.3 is 0 Å². The van der Waals surface area contributed by atoms with Crippen molar-refractivity contribution in [1.29, 1.82) is 5.26 Å². The minimum atomic E-state index is -3.87. The van der Waals surface area contributed by atoms with Gasteiger partial charge in [-0.1, -0.05) is 0 Å². The molecule has 84 valence electrons. The molecule has 1 N–H and O–H groups in total. The third-order valence-corrected chi connectivity index (χ3v) is 4.77. The van der Waals surface area contributed by atoms with Crippen LogP contribution in [0.15, 0.2) is 0 Å². The fourth-order valence-corrected chi connectivity index (χ4v) is 4.00. The molecule has 0 saturated carbocycles. The Balaban J connectivity index is 4.55. The molecule has 0 spiro atoms. The van der Waals surface area contributed by atoms with Crippen LogP contribution in [0.5, 0.6) is 0 Å². The van der Waals surface area contributed by atoms with Crippen LogP contribution in [0, 0.1) is 11.3 Å². The second-order valence-electron chi connectivity index (χ2n) is 3.97. The van der Waals surface area contributed by atoms with E-state index in [1.807, 2.05) is 33.8 Å². The van der Waals surface area contributed by atoms with Crippen molar-refractivity contribution in [2.24, 2.45) is 0 Å². The summed E-state index contributed by atoms with van der Waals surface area (Å²) in [6.45, 7) is 7.40. The fraction of sp³-hybridized carbons (Fsp3) is 0.889. The predicted molar refractivity (Wildman–Crippen MR) is 58.8 cm³/mol. The molecule has 0 radical (unpaired) electrons. The van der Waals surface area contributed by atoms with E-state index in [1.165, 1.54) is 4.67 Å². The van der Waals surface area contributed by atoms with E-state index in [1.54, 1.807) is 0 Å². The summed E-state index contributed by atoms with van der Waals surface area (Å²) in [5.41, 5.74) is 0. The summed E-state index contributed by atoms with van der Waals surface area (Å²) in [7, 11) is -3.87. The SMILES string of the molecule is CC(C)N(C(C)C)[PH](O)(F)CCC#N. The van der Waals surface area contributed by atoms with E-state index < -0.39 is 7.95 Å². The standard InChI is InChI=1S/C9H20FN2OP/c1-8(2)12(9(3)4)14(10,13)7-5-6-11/h8-9,13-14H,5,7H2,1-4H3. The van der Waals surface area contributed by atoms with E-state index in [2.05, 4.69) is 0 Å². The van der Waals surface area contributed by atoms with E-state index in [0.29, 0.717) is 0 Å². The Morgan fingerprint density at radius 3 is 2.07 bits per heavy atom. The predicted octanol–water partition coefficient (Wildman–Crippen LogP) is 2.48. The van der Waals surface area contributed by atoms with E-state index >= 15 is 0 Å². The number of hydrogen-bond donors (Lipinski definition) is 1. The minimum absolute atomic E-state index is 0.0279. The van der Waals surface area contributed by atoms with Gasteiger partial charge in [0, 0.05) is 0 Å². The molecule has 0 aliphatic rings. The Morgan fingerprint density at radius 2 is 1.79 bits per heavy atom. The van der Waals surface area contributed by atoms with Gasteiger partial charge in [0.05, 0.1) is 0 Å². The zero-order valence-corrected chi connectivity index (χ0v) is 10.3. The number of hydrogen-bond acceptors (Lipinski definition) is 3. The average Bonchev–Trinajstić information content (AvgIpc) is 1.98. The van der Waals surface area contributed by atoms with Crippen LogP contribution in [0.2, 0.25) is 0 Å². The first-order chi connectivity index (χ1) is 6.33. The second-order valence-corrected chi connectivity index (χ2v) is 6.43. The first-order valence-electron chi connectivity index (χ1n) is 4.89. The number of rotatable bonds is 5. The van der Waals surface area contributed by atoms with Crippen molar-refractivity contribution in [1.82, 2.24) is 4.67 Å². The molecule has 3 nitrogen and oxygen atoms in total. The Labute approximate surface area is 86.1 Å². The van der Waals surface area contributed by atoms with Crippen molar-refractivity contribution in [2.45, 2.75) is 46.2 Å². The normalized spacial score (nSPS) is 13.7. The van der Waals surface area contributed by atoms with Crippen molar-refractivity contribution in [3.05, 3.63) is 0 Å². The Hall–Kier alpha value is -0.230. The Morgan fingerprint density at radius 1 is 1.36 bits per heavy atom. The van der Waals surface area contributed by atoms with Gasteiger partial charge in [0.15, 0.2) is 0 Å². The van der Waals surface area contributed by atoms with Crippen molar-refractivity contribution >= 4 is 7.95 Å². The van der Waals surface area contributed by atoms with Gasteiger partial charge in [-0.25, -0.2) is 0 Å². The van der Waals surface area contributed by atoms with E-state index in [4.69, 9.17) is 5.26 Å².